The van der Waals surface area contributed by atoms with Crippen LogP contribution in [-0.2, 0) is 6.61 Å². The zero-order valence-corrected chi connectivity index (χ0v) is 18.4. The van der Waals surface area contributed by atoms with Gasteiger partial charge < -0.3 is 19.0 Å². The second kappa shape index (κ2) is 9.27. The maximum atomic E-state index is 13.4. The van der Waals surface area contributed by atoms with Crippen LogP contribution in [0.25, 0.3) is 11.0 Å². The second-order valence-corrected chi connectivity index (χ2v) is 8.06. The molecule has 3 aromatic carbocycles. The minimum Gasteiger partial charge on any atom is -0.489 e. The minimum absolute atomic E-state index is 0.0627. The van der Waals surface area contributed by atoms with Crippen molar-refractivity contribution in [2.24, 2.45) is 0 Å². The Bertz CT molecular complexity index is 1310. The van der Waals surface area contributed by atoms with Crippen molar-refractivity contribution in [3.05, 3.63) is 100 Å². The zero-order valence-electron chi connectivity index (χ0n) is 18.4. The molecule has 5 rings (SSSR count). The first-order valence-electron chi connectivity index (χ1n) is 11.1. The Morgan fingerprint density at radius 1 is 0.912 bits per heavy atom. The number of amides is 1. The molecule has 2 heterocycles. The Morgan fingerprint density at radius 2 is 1.59 bits per heavy atom. The molecule has 8 heteroatoms. The number of fused-ring (bicyclic) bond motifs is 1. The number of piperazine rings is 1. The first-order chi connectivity index (χ1) is 16.6. The van der Waals surface area contributed by atoms with E-state index in [9.17, 15) is 14.9 Å². The maximum Gasteiger partial charge on any atom is 0.290 e. The number of rotatable bonds is 6. The molecule has 1 amide bonds. The number of ether oxygens (including phenoxy) is 1. The van der Waals surface area contributed by atoms with Gasteiger partial charge in [-0.05, 0) is 30.3 Å². The first-order valence-corrected chi connectivity index (χ1v) is 11.1. The molecule has 0 aliphatic carbocycles. The van der Waals surface area contributed by atoms with Crippen molar-refractivity contribution in [1.82, 2.24) is 4.90 Å². The van der Waals surface area contributed by atoms with Crippen LogP contribution in [-0.4, -0.2) is 41.9 Å². The molecule has 172 valence electrons. The number of nitro groups is 1. The van der Waals surface area contributed by atoms with E-state index in [4.69, 9.17) is 9.15 Å². The SMILES string of the molecule is O=C(c1oc2ccccc2c1COc1ccccc1)N1CCN(c2ccc([N+](=O)[O-])cc2)CC1. The smallest absolute Gasteiger partial charge is 0.290 e. The van der Waals surface area contributed by atoms with E-state index in [1.807, 2.05) is 54.6 Å². The predicted octanol–water partition coefficient (Wildman–Crippen LogP) is 4.88. The van der Waals surface area contributed by atoms with Crippen LogP contribution in [0.4, 0.5) is 11.4 Å². The highest BCUT2D eigenvalue weighted by Gasteiger charge is 2.28. The number of carbonyl (C=O) groups excluding carboxylic acids is 1. The lowest BCUT2D eigenvalue weighted by atomic mass is 10.1. The van der Waals surface area contributed by atoms with E-state index >= 15 is 0 Å². The van der Waals surface area contributed by atoms with Crippen molar-refractivity contribution >= 4 is 28.3 Å². The van der Waals surface area contributed by atoms with Crippen LogP contribution < -0.4 is 9.64 Å². The lowest BCUT2D eigenvalue weighted by Gasteiger charge is -2.35. The van der Waals surface area contributed by atoms with E-state index in [-0.39, 0.29) is 18.2 Å². The zero-order chi connectivity index (χ0) is 23.5. The average Bonchev–Trinajstić information content (AvgIpc) is 3.26. The van der Waals surface area contributed by atoms with Crippen LogP contribution in [0.2, 0.25) is 0 Å². The Labute approximate surface area is 196 Å². The molecule has 0 unspecified atom stereocenters. The van der Waals surface area contributed by atoms with E-state index in [1.54, 1.807) is 17.0 Å². The van der Waals surface area contributed by atoms with Crippen LogP contribution in [0.15, 0.2) is 83.3 Å². The van der Waals surface area contributed by atoms with Crippen LogP contribution in [0.1, 0.15) is 16.1 Å². The standard InChI is InChI=1S/C26H23N3O5/c30-26(28-16-14-27(15-17-28)19-10-12-20(13-11-19)29(31)32)25-23(18-33-21-6-2-1-3-7-21)22-8-4-5-9-24(22)34-25/h1-13H,14-18H2. The summed E-state index contributed by atoms with van der Waals surface area (Å²) in [5.74, 6) is 0.870. The summed E-state index contributed by atoms with van der Waals surface area (Å²) in [4.78, 5) is 27.8. The number of anilines is 1. The average molecular weight is 457 g/mol. The van der Waals surface area contributed by atoms with Gasteiger partial charge in [0.25, 0.3) is 11.6 Å². The highest BCUT2D eigenvalue weighted by Crippen LogP contribution is 2.29. The number of nitro benzene ring substituents is 1. The fraction of sp³-hybridized carbons (Fsp3) is 0.192. The molecule has 1 fully saturated rings. The maximum absolute atomic E-state index is 13.4. The van der Waals surface area contributed by atoms with Gasteiger partial charge in [-0.25, -0.2) is 0 Å². The lowest BCUT2D eigenvalue weighted by molar-refractivity contribution is -0.384. The normalized spacial score (nSPS) is 13.8. The summed E-state index contributed by atoms with van der Waals surface area (Å²) in [6, 6.07) is 23.6. The van der Waals surface area contributed by atoms with Crippen LogP contribution in [0, 0.1) is 10.1 Å². The van der Waals surface area contributed by atoms with Gasteiger partial charge in [-0.3, -0.25) is 14.9 Å². The van der Waals surface area contributed by atoms with Crippen molar-refractivity contribution in [1.29, 1.82) is 0 Å². The van der Waals surface area contributed by atoms with Gasteiger partial charge in [0.1, 0.15) is 17.9 Å². The molecule has 4 aromatic rings. The quantitative estimate of drug-likeness (QED) is 0.303. The molecule has 1 aliphatic rings. The third-order valence-electron chi connectivity index (χ3n) is 6.01. The molecular weight excluding hydrogens is 434 g/mol. The summed E-state index contributed by atoms with van der Waals surface area (Å²) >= 11 is 0. The Hall–Kier alpha value is -4.33. The van der Waals surface area contributed by atoms with Gasteiger partial charge in [-0.1, -0.05) is 36.4 Å². The number of furan rings is 1. The van der Waals surface area contributed by atoms with E-state index in [0.717, 1.165) is 22.4 Å². The van der Waals surface area contributed by atoms with Crippen LogP contribution in [0.5, 0.6) is 5.75 Å². The van der Waals surface area contributed by atoms with E-state index in [2.05, 4.69) is 4.90 Å². The van der Waals surface area contributed by atoms with Crippen molar-refractivity contribution in [2.45, 2.75) is 6.61 Å². The molecular formula is C26H23N3O5. The highest BCUT2D eigenvalue weighted by molar-refractivity contribution is 5.99. The van der Waals surface area contributed by atoms with E-state index in [1.165, 1.54) is 12.1 Å². The molecule has 0 N–H and O–H groups in total. The van der Waals surface area contributed by atoms with Gasteiger partial charge in [0.15, 0.2) is 5.76 Å². The van der Waals surface area contributed by atoms with Gasteiger partial charge in [0.05, 0.1) is 4.92 Å². The van der Waals surface area contributed by atoms with Crippen LogP contribution >= 0.6 is 0 Å². The molecule has 0 atom stereocenters. The third kappa shape index (κ3) is 4.30. The number of non-ortho nitro benzene ring substituents is 1. The van der Waals surface area contributed by atoms with E-state index < -0.39 is 4.92 Å². The molecule has 1 saturated heterocycles. The summed E-state index contributed by atoms with van der Waals surface area (Å²) in [6.45, 7) is 2.52. The van der Waals surface area contributed by atoms with E-state index in [0.29, 0.717) is 37.5 Å². The molecule has 1 aromatic heterocycles. The molecule has 8 nitrogen and oxygen atoms in total. The highest BCUT2D eigenvalue weighted by atomic mass is 16.6. The number of hydrogen-bond donors (Lipinski definition) is 0. The molecule has 0 spiro atoms. The predicted molar refractivity (Wildman–Crippen MR) is 128 cm³/mol. The fourth-order valence-corrected chi connectivity index (χ4v) is 4.18. The topological polar surface area (TPSA) is 89.1 Å². The first kappa shape index (κ1) is 21.5. The second-order valence-electron chi connectivity index (χ2n) is 8.06. The monoisotopic (exact) mass is 457 g/mol. The Morgan fingerprint density at radius 3 is 2.29 bits per heavy atom. The lowest BCUT2D eigenvalue weighted by Crippen LogP contribution is -2.48. The molecule has 0 bridgehead atoms. The largest absolute Gasteiger partial charge is 0.489 e. The van der Waals surface area contributed by atoms with Crippen molar-refractivity contribution in [3.63, 3.8) is 0 Å². The van der Waals surface area contributed by atoms with Gasteiger partial charge in [-0.15, -0.1) is 0 Å². The molecule has 34 heavy (non-hydrogen) atoms. The minimum atomic E-state index is -0.410. The van der Waals surface area contributed by atoms with Crippen molar-refractivity contribution in [3.8, 4) is 5.75 Å². The summed E-state index contributed by atoms with van der Waals surface area (Å²) in [7, 11) is 0. The van der Waals surface area contributed by atoms with Gasteiger partial charge in [0.2, 0.25) is 0 Å². The van der Waals surface area contributed by atoms with Crippen LogP contribution in [0.3, 0.4) is 0 Å². The molecule has 0 radical (unpaired) electrons. The summed E-state index contributed by atoms with van der Waals surface area (Å²) in [6.07, 6.45) is 0. The summed E-state index contributed by atoms with van der Waals surface area (Å²) < 4.78 is 12.0. The Kier molecular flexibility index (Phi) is 5.86. The number of benzene rings is 3. The summed E-state index contributed by atoms with van der Waals surface area (Å²) in [5.41, 5.74) is 2.36. The number of nitrogens with zero attached hydrogens (tertiary/aromatic N) is 3. The van der Waals surface area contributed by atoms with Gasteiger partial charge >= 0.3 is 0 Å². The third-order valence-corrected chi connectivity index (χ3v) is 6.01. The molecule has 1 aliphatic heterocycles. The van der Waals surface area contributed by atoms with Gasteiger partial charge in [0, 0.05) is 54.9 Å². The number of para-hydroxylation sites is 2. The summed E-state index contributed by atoms with van der Waals surface area (Å²) in [5, 5.41) is 11.8. The Balaban J connectivity index is 1.32. The molecule has 0 saturated carbocycles. The van der Waals surface area contributed by atoms with Crippen molar-refractivity contribution < 1.29 is 18.9 Å². The number of hydrogen-bond acceptors (Lipinski definition) is 6. The fourth-order valence-electron chi connectivity index (χ4n) is 4.18. The van der Waals surface area contributed by atoms with Gasteiger partial charge in [-0.2, -0.15) is 0 Å². The number of carbonyl (C=O) groups is 1. The van der Waals surface area contributed by atoms with Crippen molar-refractivity contribution in [2.75, 3.05) is 31.1 Å².